The van der Waals surface area contributed by atoms with E-state index in [0.717, 1.165) is 0 Å². The number of ketones is 1. The lowest BCUT2D eigenvalue weighted by atomic mass is 9.81. The van der Waals surface area contributed by atoms with Gasteiger partial charge >= 0.3 is 6.09 Å². The van der Waals surface area contributed by atoms with E-state index < -0.39 is 51.5 Å². The molecule has 0 spiro atoms. The number of hydrogen-bond acceptors (Lipinski definition) is 6. The maximum absolute atomic E-state index is 15.5. The molecule has 1 aliphatic heterocycles. The third kappa shape index (κ3) is 8.27. The van der Waals surface area contributed by atoms with Gasteiger partial charge in [-0.2, -0.15) is 4.31 Å². The van der Waals surface area contributed by atoms with Crippen LogP contribution in [0.5, 0.6) is 0 Å². The monoisotopic (exact) mass is 695 g/mol. The van der Waals surface area contributed by atoms with E-state index in [2.05, 4.69) is 10.6 Å². The SMILES string of the molecule is COC(=O)N[C@H](C(=O)Cc1cccc(F)c1CC[C@H]1CNCCN1S(=O)(=O)c1ccccc1)[C@@H](c1ccc(Cl)cc1)c1cccc(F)c1. The fourth-order valence-corrected chi connectivity index (χ4v) is 7.98. The molecule has 48 heavy (non-hydrogen) atoms. The lowest BCUT2D eigenvalue weighted by Crippen LogP contribution is -2.53. The van der Waals surface area contributed by atoms with Crippen LogP contribution >= 0.6 is 11.6 Å². The molecular weight excluding hydrogens is 660 g/mol. The zero-order valence-corrected chi connectivity index (χ0v) is 27.8. The van der Waals surface area contributed by atoms with Crippen LogP contribution in [0.3, 0.4) is 0 Å². The molecular formula is C36H36ClF2N3O5S. The summed E-state index contributed by atoms with van der Waals surface area (Å²) >= 11 is 6.13. The number of carbonyl (C=O) groups is 2. The van der Waals surface area contributed by atoms with Gasteiger partial charge in [0.25, 0.3) is 0 Å². The van der Waals surface area contributed by atoms with E-state index in [1.165, 1.54) is 41.7 Å². The average Bonchev–Trinajstić information content (AvgIpc) is 3.09. The highest BCUT2D eigenvalue weighted by molar-refractivity contribution is 7.89. The van der Waals surface area contributed by atoms with E-state index in [1.807, 2.05) is 0 Å². The molecule has 0 unspecified atom stereocenters. The lowest BCUT2D eigenvalue weighted by Gasteiger charge is -2.35. The maximum atomic E-state index is 15.5. The largest absolute Gasteiger partial charge is 0.453 e. The molecule has 2 N–H and O–H groups in total. The number of Topliss-reactive ketones (excluding diaryl/α,β-unsaturated/α-hetero) is 1. The predicted octanol–water partition coefficient (Wildman–Crippen LogP) is 5.88. The molecule has 12 heteroatoms. The lowest BCUT2D eigenvalue weighted by molar-refractivity contribution is -0.120. The van der Waals surface area contributed by atoms with E-state index in [0.29, 0.717) is 41.2 Å². The summed E-state index contributed by atoms with van der Waals surface area (Å²) in [5.74, 6) is -2.36. The number of carbonyl (C=O) groups excluding carboxylic acids is 2. The van der Waals surface area contributed by atoms with Crippen molar-refractivity contribution < 1.29 is 31.5 Å². The van der Waals surface area contributed by atoms with E-state index in [-0.39, 0.29) is 29.8 Å². The van der Waals surface area contributed by atoms with Crippen LogP contribution < -0.4 is 10.6 Å². The summed E-state index contributed by atoms with van der Waals surface area (Å²) < 4.78 is 63.3. The molecule has 4 aromatic rings. The molecule has 1 heterocycles. The number of benzene rings is 4. The van der Waals surface area contributed by atoms with Crippen molar-refractivity contribution in [3.8, 4) is 0 Å². The van der Waals surface area contributed by atoms with Crippen molar-refractivity contribution in [3.63, 3.8) is 0 Å². The second-order valence-electron chi connectivity index (χ2n) is 11.5. The minimum absolute atomic E-state index is 0.155. The smallest absolute Gasteiger partial charge is 0.407 e. The Morgan fingerprint density at radius 2 is 1.71 bits per heavy atom. The summed E-state index contributed by atoms with van der Waals surface area (Å²) in [7, 11) is -2.62. The van der Waals surface area contributed by atoms with Gasteiger partial charge in [0.2, 0.25) is 10.0 Å². The number of nitrogens with one attached hydrogen (secondary N) is 2. The van der Waals surface area contributed by atoms with Gasteiger partial charge in [-0.15, -0.1) is 0 Å². The molecule has 252 valence electrons. The van der Waals surface area contributed by atoms with Gasteiger partial charge in [-0.1, -0.05) is 66.2 Å². The molecule has 3 atom stereocenters. The molecule has 4 aromatic carbocycles. The second-order valence-corrected chi connectivity index (χ2v) is 13.9. The first-order valence-electron chi connectivity index (χ1n) is 15.5. The van der Waals surface area contributed by atoms with E-state index in [4.69, 9.17) is 16.3 Å². The van der Waals surface area contributed by atoms with Crippen molar-refractivity contribution in [2.24, 2.45) is 0 Å². The third-order valence-electron chi connectivity index (χ3n) is 8.53. The quantitative estimate of drug-likeness (QED) is 0.192. The van der Waals surface area contributed by atoms with Crippen LogP contribution in [-0.4, -0.2) is 63.4 Å². The zero-order valence-electron chi connectivity index (χ0n) is 26.2. The number of rotatable bonds is 12. The first-order valence-corrected chi connectivity index (χ1v) is 17.3. The Morgan fingerprint density at radius 3 is 2.42 bits per heavy atom. The van der Waals surface area contributed by atoms with Crippen LogP contribution in [-0.2, 0) is 32.4 Å². The molecule has 0 bridgehead atoms. The third-order valence-corrected chi connectivity index (χ3v) is 10.7. The van der Waals surface area contributed by atoms with Crippen LogP contribution in [0.2, 0.25) is 5.02 Å². The predicted molar refractivity (Wildman–Crippen MR) is 179 cm³/mol. The Hall–Kier alpha value is -4.16. The van der Waals surface area contributed by atoms with Crippen molar-refractivity contribution in [1.82, 2.24) is 14.9 Å². The van der Waals surface area contributed by atoms with Crippen molar-refractivity contribution >= 4 is 33.5 Å². The summed E-state index contributed by atoms with van der Waals surface area (Å²) in [6, 6.07) is 23.3. The van der Waals surface area contributed by atoms with Gasteiger partial charge in [-0.05, 0) is 77.6 Å². The molecule has 1 fully saturated rings. The van der Waals surface area contributed by atoms with E-state index in [9.17, 15) is 22.4 Å². The standard InChI is InChI=1S/C36H36ClF2N3O5S/c1-47-36(44)41-35(34(24-13-15-27(37)16-14-24)26-8-5-9-28(38)21-26)33(43)22-25-7-6-12-32(39)31(25)18-17-29-23-40-19-20-42(29)48(45,46)30-10-3-2-4-11-30/h2-16,21,29,34-35,40H,17-20,22-23H2,1H3,(H,41,44)/t29-,34-,35+/m0/s1. The molecule has 8 nitrogen and oxygen atoms in total. The van der Waals surface area contributed by atoms with Gasteiger partial charge < -0.3 is 15.4 Å². The second kappa shape index (κ2) is 15.8. The number of alkyl carbamates (subject to hydrolysis) is 1. The molecule has 1 aliphatic rings. The van der Waals surface area contributed by atoms with Gasteiger partial charge in [0.1, 0.15) is 17.7 Å². The summed E-state index contributed by atoms with van der Waals surface area (Å²) in [6.45, 7) is 1.13. The maximum Gasteiger partial charge on any atom is 0.407 e. The molecule has 0 radical (unpaired) electrons. The Bertz CT molecular complexity index is 1840. The minimum atomic E-state index is -3.79. The van der Waals surface area contributed by atoms with Crippen LogP contribution in [0.4, 0.5) is 13.6 Å². The minimum Gasteiger partial charge on any atom is -0.453 e. The molecule has 0 saturated carbocycles. The topological polar surface area (TPSA) is 105 Å². The van der Waals surface area contributed by atoms with Crippen molar-refractivity contribution in [2.45, 2.75) is 42.2 Å². The summed E-state index contributed by atoms with van der Waals surface area (Å²) in [5, 5.41) is 6.32. The van der Waals surface area contributed by atoms with Gasteiger partial charge in [0, 0.05) is 43.0 Å². The fourth-order valence-electron chi connectivity index (χ4n) is 6.17. The van der Waals surface area contributed by atoms with Crippen LogP contribution in [0.15, 0.2) is 102 Å². The van der Waals surface area contributed by atoms with Crippen LogP contribution in [0.25, 0.3) is 0 Å². The van der Waals surface area contributed by atoms with E-state index >= 15 is 4.39 Å². The number of nitrogens with zero attached hydrogens (tertiary/aromatic N) is 1. The number of halogens is 3. The molecule has 0 aromatic heterocycles. The fraction of sp³-hybridized carbons (Fsp3) is 0.278. The number of ether oxygens (including phenoxy) is 1. The molecule has 1 amide bonds. The average molecular weight is 696 g/mol. The highest BCUT2D eigenvalue weighted by atomic mass is 35.5. The highest BCUT2D eigenvalue weighted by Crippen LogP contribution is 2.32. The normalized spacial score (nSPS) is 16.5. The number of sulfonamides is 1. The summed E-state index contributed by atoms with van der Waals surface area (Å²) in [6.07, 6.45) is -0.687. The molecule has 5 rings (SSSR count). The molecule has 0 aliphatic carbocycles. The van der Waals surface area contributed by atoms with Crippen molar-refractivity contribution in [1.29, 1.82) is 0 Å². The van der Waals surface area contributed by atoms with Gasteiger partial charge in [0.05, 0.1) is 12.0 Å². The number of amides is 1. The van der Waals surface area contributed by atoms with Crippen LogP contribution in [0.1, 0.15) is 34.6 Å². The first-order chi connectivity index (χ1) is 23.1. The number of piperazine rings is 1. The molecule has 1 saturated heterocycles. The first kappa shape index (κ1) is 35.2. The summed E-state index contributed by atoms with van der Waals surface area (Å²) in [5.41, 5.74) is 1.69. The Labute approximate surface area is 284 Å². The Morgan fingerprint density at radius 1 is 0.979 bits per heavy atom. The van der Waals surface area contributed by atoms with Gasteiger partial charge in [-0.3, -0.25) is 4.79 Å². The Balaban J connectivity index is 1.44. The van der Waals surface area contributed by atoms with Crippen LogP contribution in [0, 0.1) is 11.6 Å². The van der Waals surface area contributed by atoms with Gasteiger partial charge in [-0.25, -0.2) is 22.0 Å². The summed E-state index contributed by atoms with van der Waals surface area (Å²) in [4.78, 5) is 27.0. The highest BCUT2D eigenvalue weighted by Gasteiger charge is 2.35. The van der Waals surface area contributed by atoms with Crippen molar-refractivity contribution in [2.75, 3.05) is 26.7 Å². The zero-order chi connectivity index (χ0) is 34.3. The Kier molecular flexibility index (Phi) is 11.6. The number of hydrogen-bond donors (Lipinski definition) is 2. The van der Waals surface area contributed by atoms with E-state index in [1.54, 1.807) is 66.7 Å². The van der Waals surface area contributed by atoms with Crippen molar-refractivity contribution in [3.05, 3.63) is 136 Å². The number of methoxy groups -OCH3 is 1. The van der Waals surface area contributed by atoms with Gasteiger partial charge in [0.15, 0.2) is 5.78 Å².